The van der Waals surface area contributed by atoms with Crippen molar-refractivity contribution in [1.82, 2.24) is 14.7 Å². The second-order valence-electron chi connectivity index (χ2n) is 3.70. The van der Waals surface area contributed by atoms with E-state index in [4.69, 9.17) is 19.8 Å². The van der Waals surface area contributed by atoms with Crippen molar-refractivity contribution in [2.24, 2.45) is 6.98 Å². The summed E-state index contributed by atoms with van der Waals surface area (Å²) in [5, 5.41) is 3.53. The SMILES string of the molecule is [2H]c1nn(C([2H])([2H])[2H])c(C([2H])(OCC([2H])([2H])N(C)C([2H])([2H])[2H])c2ccccc2)c1[2H]. The Hall–Kier alpha value is -1.65. The molecule has 0 radical (unpaired) electrons. The molecule has 2 rings (SSSR count). The number of hydrogen-bond acceptors (Lipinski definition) is 3. The van der Waals surface area contributed by atoms with Crippen LogP contribution in [-0.2, 0) is 11.7 Å². The van der Waals surface area contributed by atoms with E-state index < -0.39 is 51.0 Å². The number of likely N-dealkylation sites (N-methyl/N-ethyl adjacent to an activating group) is 1. The second kappa shape index (κ2) is 6.50. The maximum atomic E-state index is 8.89. The Morgan fingerprint density at radius 2 is 2.42 bits per heavy atom. The molecule has 0 aliphatic heterocycles. The molecule has 102 valence electrons. The molecule has 0 fully saturated rings. The van der Waals surface area contributed by atoms with Crippen LogP contribution in [-0.4, -0.2) is 41.8 Å². The summed E-state index contributed by atoms with van der Waals surface area (Å²) < 4.78 is 91.7. The van der Waals surface area contributed by atoms with Gasteiger partial charge in [-0.05, 0) is 25.6 Å². The maximum Gasteiger partial charge on any atom is 0.124 e. The summed E-state index contributed by atoms with van der Waals surface area (Å²) in [6.07, 6.45) is -3.15. The fourth-order valence-corrected chi connectivity index (χ4v) is 1.46. The lowest BCUT2D eigenvalue weighted by molar-refractivity contribution is 0.0638. The first-order chi connectivity index (χ1) is 13.5. The first-order valence-electron chi connectivity index (χ1n) is 11.0. The van der Waals surface area contributed by atoms with Crippen LogP contribution in [0.1, 0.15) is 32.4 Å². The Balaban J connectivity index is 2.61. The predicted octanol–water partition coefficient (Wildman–Crippen LogP) is 2.09. The van der Waals surface area contributed by atoms with Crippen LogP contribution >= 0.6 is 0 Å². The van der Waals surface area contributed by atoms with Crippen molar-refractivity contribution in [3.63, 3.8) is 0 Å². The lowest BCUT2D eigenvalue weighted by Gasteiger charge is -2.20. The zero-order valence-electron chi connectivity index (χ0n) is 21.3. The van der Waals surface area contributed by atoms with E-state index in [9.17, 15) is 0 Å². The molecule has 19 heavy (non-hydrogen) atoms. The predicted molar refractivity (Wildman–Crippen MR) is 76.0 cm³/mol. The largest absolute Gasteiger partial charge is 0.366 e. The van der Waals surface area contributed by atoms with Crippen LogP contribution < -0.4 is 0 Å². The number of nitrogens with zero attached hydrogens (tertiary/aromatic N) is 3. The normalized spacial score (nSPS) is 25.1. The van der Waals surface area contributed by atoms with Gasteiger partial charge in [0, 0.05) is 30.6 Å². The smallest absolute Gasteiger partial charge is 0.124 e. The van der Waals surface area contributed by atoms with Crippen LogP contribution in [0.15, 0.2) is 42.5 Å². The van der Waals surface area contributed by atoms with E-state index in [0.717, 1.165) is 7.05 Å². The summed E-state index contributed by atoms with van der Waals surface area (Å²) in [7, 11) is 1.02. The van der Waals surface area contributed by atoms with E-state index >= 15 is 0 Å². The van der Waals surface area contributed by atoms with Gasteiger partial charge in [-0.25, -0.2) is 0 Å². The Morgan fingerprint density at radius 3 is 3.16 bits per heavy atom. The zero-order chi connectivity index (χ0) is 23.1. The van der Waals surface area contributed by atoms with Crippen LogP contribution in [0.3, 0.4) is 0 Å². The molecule has 1 atom stereocenters. The summed E-state index contributed by atoms with van der Waals surface area (Å²) in [6.45, 7) is -9.24. The van der Waals surface area contributed by atoms with Crippen LogP contribution in [0.4, 0.5) is 0 Å². The molecule has 2 aromatic rings. The maximum absolute atomic E-state index is 8.89. The third-order valence-corrected chi connectivity index (χ3v) is 2.31. The first kappa shape index (κ1) is 5.38. The van der Waals surface area contributed by atoms with E-state index in [1.165, 1.54) is 24.3 Å². The van der Waals surface area contributed by atoms with Gasteiger partial charge >= 0.3 is 0 Å². The van der Waals surface area contributed by atoms with Gasteiger partial charge in [0.15, 0.2) is 0 Å². The fraction of sp³-hybridized carbons (Fsp3) is 0.400. The van der Waals surface area contributed by atoms with Gasteiger partial charge in [-0.15, -0.1) is 0 Å². The van der Waals surface area contributed by atoms with Gasteiger partial charge in [0.05, 0.1) is 16.4 Å². The molecule has 1 aromatic heterocycles. The summed E-state index contributed by atoms with van der Waals surface area (Å²) in [6, 6.07) is 6.85. The van der Waals surface area contributed by atoms with E-state index in [1.807, 2.05) is 0 Å². The van der Waals surface area contributed by atoms with Gasteiger partial charge in [0.25, 0.3) is 0 Å². The molecule has 0 spiro atoms. The van der Waals surface area contributed by atoms with Crippen molar-refractivity contribution in [3.8, 4) is 0 Å². The van der Waals surface area contributed by atoms with Crippen molar-refractivity contribution < 1.29 is 19.8 Å². The van der Waals surface area contributed by atoms with Gasteiger partial charge in [0.2, 0.25) is 0 Å². The molecule has 0 aliphatic rings. The molecule has 0 N–H and O–H groups in total. The minimum Gasteiger partial charge on any atom is -0.366 e. The van der Waals surface area contributed by atoms with Crippen LogP contribution in [0.5, 0.6) is 0 Å². The molecule has 0 amide bonds. The van der Waals surface area contributed by atoms with Crippen molar-refractivity contribution in [2.45, 2.75) is 6.08 Å². The van der Waals surface area contributed by atoms with Gasteiger partial charge in [-0.1, -0.05) is 30.3 Å². The molecule has 0 bridgehead atoms. The summed E-state index contributed by atoms with van der Waals surface area (Å²) >= 11 is 0. The summed E-state index contributed by atoms with van der Waals surface area (Å²) in [4.78, 5) is 0.448. The number of hydrogen-bond donors (Lipinski definition) is 0. The van der Waals surface area contributed by atoms with Crippen molar-refractivity contribution in [1.29, 1.82) is 0 Å². The fourth-order valence-electron chi connectivity index (χ4n) is 1.46. The summed E-state index contributed by atoms with van der Waals surface area (Å²) in [5.74, 6) is 0. The number of aryl methyl sites for hydroxylation is 1. The van der Waals surface area contributed by atoms with Crippen molar-refractivity contribution in [2.75, 3.05) is 27.1 Å². The van der Waals surface area contributed by atoms with Crippen molar-refractivity contribution in [3.05, 3.63) is 53.8 Å². The molecule has 4 heteroatoms. The highest BCUT2D eigenvalue weighted by atomic mass is 16.5. The van der Waals surface area contributed by atoms with E-state index in [-0.39, 0.29) is 5.56 Å². The first-order valence-corrected chi connectivity index (χ1v) is 5.52. The van der Waals surface area contributed by atoms with Gasteiger partial charge in [-0.3, -0.25) is 4.68 Å². The average molecular weight is 270 g/mol. The topological polar surface area (TPSA) is 30.3 Å². The van der Waals surface area contributed by atoms with Gasteiger partial charge in [-0.2, -0.15) is 5.10 Å². The molecule has 1 heterocycles. The average Bonchev–Trinajstić information content (AvgIpc) is 2.95. The Bertz CT molecular complexity index is 878. The van der Waals surface area contributed by atoms with Crippen LogP contribution in [0, 0.1) is 0 Å². The number of aromatic nitrogens is 2. The monoisotopic (exact) mass is 270 g/mol. The molecule has 0 aliphatic carbocycles. The minimum absolute atomic E-state index is 0.0521. The molecule has 4 nitrogen and oxygen atoms in total. The number of benzene rings is 1. The number of ether oxygens (including phenoxy) is 1. The molecule has 0 saturated heterocycles. The molecule has 1 aromatic carbocycles. The number of rotatable bonds is 6. The lowest BCUT2D eigenvalue weighted by Crippen LogP contribution is -2.20. The highest BCUT2D eigenvalue weighted by Crippen LogP contribution is 2.25. The quantitative estimate of drug-likeness (QED) is 0.805. The third kappa shape index (κ3) is 3.66. The van der Waals surface area contributed by atoms with Gasteiger partial charge < -0.3 is 9.64 Å². The third-order valence-electron chi connectivity index (χ3n) is 2.31. The van der Waals surface area contributed by atoms with Crippen LogP contribution in [0.25, 0.3) is 0 Å². The standard InChI is InChI=1S/C15H21N3O/c1-17(2)11-12-19-15(13-7-5-4-6-8-13)14-9-10-16-18(14)3/h4-10,15H,11-12H2,1-3H3/i1D3,3D3,9D,10D,11D2,15D. The Morgan fingerprint density at radius 1 is 1.58 bits per heavy atom. The molecule has 0 saturated carbocycles. The highest BCUT2D eigenvalue weighted by Gasteiger charge is 2.17. The highest BCUT2D eigenvalue weighted by molar-refractivity contribution is 5.25. The zero-order valence-corrected chi connectivity index (χ0v) is 10.3. The molecular weight excluding hydrogens is 238 g/mol. The van der Waals surface area contributed by atoms with E-state index in [2.05, 4.69) is 5.10 Å². The Labute approximate surface area is 130 Å². The second-order valence-corrected chi connectivity index (χ2v) is 3.70. The molecular formula is C15H21N3O. The summed E-state index contributed by atoms with van der Waals surface area (Å²) in [5.41, 5.74) is -0.540. The lowest BCUT2D eigenvalue weighted by atomic mass is 10.1. The van der Waals surface area contributed by atoms with Crippen LogP contribution in [0.2, 0.25) is 0 Å². The minimum atomic E-state index is -2.94. The van der Waals surface area contributed by atoms with Gasteiger partial charge in [0.1, 0.15) is 6.08 Å². The van der Waals surface area contributed by atoms with E-state index in [1.54, 1.807) is 6.07 Å². The van der Waals surface area contributed by atoms with Crippen molar-refractivity contribution >= 4 is 0 Å². The molecule has 1 unspecified atom stereocenters. The Kier molecular flexibility index (Phi) is 1.84. The van der Waals surface area contributed by atoms with E-state index in [0.29, 0.717) is 9.58 Å².